The summed E-state index contributed by atoms with van der Waals surface area (Å²) in [5.41, 5.74) is 0. The van der Waals surface area contributed by atoms with Gasteiger partial charge in [-0.1, -0.05) is 171 Å². The molecule has 0 aromatic carbocycles. The van der Waals surface area contributed by atoms with E-state index in [0.717, 1.165) is 64.2 Å². The lowest BCUT2D eigenvalue weighted by molar-refractivity contribution is -0.161. The molecule has 0 spiro atoms. The summed E-state index contributed by atoms with van der Waals surface area (Å²) in [6.45, 7) is 4.08. The lowest BCUT2D eigenvalue weighted by Gasteiger charge is -2.15. The first-order valence-electron chi connectivity index (χ1n) is 21.8. The molecular formula is C47H82O5. The van der Waals surface area contributed by atoms with E-state index in [2.05, 4.69) is 74.6 Å². The van der Waals surface area contributed by atoms with Crippen molar-refractivity contribution in [3.63, 3.8) is 0 Å². The summed E-state index contributed by atoms with van der Waals surface area (Å²) in [5.74, 6) is -0.629. The normalized spacial score (nSPS) is 12.8. The molecule has 0 aliphatic carbocycles. The average molecular weight is 727 g/mol. The number of carbonyl (C=O) groups excluding carboxylic acids is 2. The first kappa shape index (κ1) is 49.6. The number of carbonyl (C=O) groups is 2. The molecule has 1 N–H and O–H groups in total. The Balaban J connectivity index is 3.61. The fourth-order valence-corrected chi connectivity index (χ4v) is 5.94. The van der Waals surface area contributed by atoms with Crippen LogP contribution in [0.3, 0.4) is 0 Å². The highest BCUT2D eigenvalue weighted by Crippen LogP contribution is 2.13. The van der Waals surface area contributed by atoms with E-state index in [0.29, 0.717) is 12.8 Å². The lowest BCUT2D eigenvalue weighted by Crippen LogP contribution is -2.28. The third-order valence-corrected chi connectivity index (χ3v) is 9.28. The first-order chi connectivity index (χ1) is 25.6. The minimum Gasteiger partial charge on any atom is -0.462 e. The minimum atomic E-state index is -0.791. The molecule has 5 heteroatoms. The summed E-state index contributed by atoms with van der Waals surface area (Å²) in [6.07, 6.45) is 55.7. The molecule has 0 bridgehead atoms. The highest BCUT2D eigenvalue weighted by molar-refractivity contribution is 5.70. The molecule has 0 unspecified atom stereocenters. The Bertz CT molecular complexity index is 915. The van der Waals surface area contributed by atoms with Gasteiger partial charge in [0.2, 0.25) is 0 Å². The Morgan fingerprint density at radius 3 is 1.23 bits per heavy atom. The molecular weight excluding hydrogens is 645 g/mol. The molecule has 300 valence electrons. The SMILES string of the molecule is CCCCC/C=C/C/C=C/C/C=C/C/C=C/CCCCCC(=O)O[C@@H](CO)COC(=O)CCCCCCCCCCC/C=C/CCCCCCCC. The monoisotopic (exact) mass is 727 g/mol. The predicted molar refractivity (Wildman–Crippen MR) is 223 cm³/mol. The quantitative estimate of drug-likeness (QED) is 0.0388. The summed E-state index contributed by atoms with van der Waals surface area (Å²) in [7, 11) is 0. The molecule has 0 aliphatic heterocycles. The number of esters is 2. The fourth-order valence-electron chi connectivity index (χ4n) is 5.94. The number of aliphatic hydroxyl groups excluding tert-OH is 1. The second-order valence-electron chi connectivity index (χ2n) is 14.4. The van der Waals surface area contributed by atoms with E-state index in [4.69, 9.17) is 9.47 Å². The van der Waals surface area contributed by atoms with E-state index in [1.165, 1.54) is 116 Å². The summed E-state index contributed by atoms with van der Waals surface area (Å²) in [6, 6.07) is 0. The van der Waals surface area contributed by atoms with Crippen molar-refractivity contribution in [3.8, 4) is 0 Å². The molecule has 0 radical (unpaired) electrons. The van der Waals surface area contributed by atoms with Crippen molar-refractivity contribution in [2.75, 3.05) is 13.2 Å². The van der Waals surface area contributed by atoms with Crippen LogP contribution in [0.4, 0.5) is 0 Å². The predicted octanol–water partition coefficient (Wildman–Crippen LogP) is 14.0. The maximum absolute atomic E-state index is 12.2. The zero-order valence-corrected chi connectivity index (χ0v) is 34.1. The Hall–Kier alpha value is -2.40. The van der Waals surface area contributed by atoms with Gasteiger partial charge in [0.25, 0.3) is 0 Å². The van der Waals surface area contributed by atoms with E-state index in [-0.39, 0.29) is 25.2 Å². The van der Waals surface area contributed by atoms with Gasteiger partial charge >= 0.3 is 11.9 Å². The third kappa shape index (κ3) is 40.4. The second kappa shape index (κ2) is 43.0. The molecule has 5 nitrogen and oxygen atoms in total. The highest BCUT2D eigenvalue weighted by atomic mass is 16.6. The van der Waals surface area contributed by atoms with Crippen LogP contribution in [-0.2, 0) is 19.1 Å². The molecule has 0 amide bonds. The Labute approximate surface area is 321 Å². The summed E-state index contributed by atoms with van der Waals surface area (Å²) >= 11 is 0. The smallest absolute Gasteiger partial charge is 0.306 e. The number of aliphatic hydroxyl groups is 1. The van der Waals surface area contributed by atoms with Crippen molar-refractivity contribution < 1.29 is 24.2 Å². The van der Waals surface area contributed by atoms with Crippen molar-refractivity contribution >= 4 is 11.9 Å². The van der Waals surface area contributed by atoms with Crippen molar-refractivity contribution in [2.24, 2.45) is 0 Å². The summed E-state index contributed by atoms with van der Waals surface area (Å²) < 4.78 is 10.6. The largest absolute Gasteiger partial charge is 0.462 e. The Morgan fingerprint density at radius 2 is 0.769 bits per heavy atom. The van der Waals surface area contributed by atoms with Crippen molar-refractivity contribution in [3.05, 3.63) is 60.8 Å². The summed E-state index contributed by atoms with van der Waals surface area (Å²) in [4.78, 5) is 24.3. The average Bonchev–Trinajstić information content (AvgIpc) is 3.15. The van der Waals surface area contributed by atoms with Crippen LogP contribution in [0.2, 0.25) is 0 Å². The Kier molecular flexibility index (Phi) is 41.0. The van der Waals surface area contributed by atoms with E-state index in [9.17, 15) is 14.7 Å². The van der Waals surface area contributed by atoms with E-state index < -0.39 is 6.10 Å². The standard InChI is InChI=1S/C47H82O5/c1-3-5-7-9-11-13-15-17-19-21-23-25-27-29-31-33-35-37-39-41-46(49)51-44-45(43-48)52-47(50)42-40-38-36-34-32-30-28-26-24-22-20-18-16-14-12-10-8-6-4-2/h12,14,17-20,24,26,30,32,45,48H,3-11,13,15-16,21-23,25,27-29,31,33-44H2,1-2H3/b14-12+,19-17+,20-18+,26-24+,32-30+/t45-/m0/s1. The van der Waals surface area contributed by atoms with E-state index in [1.54, 1.807) is 0 Å². The van der Waals surface area contributed by atoms with Gasteiger partial charge in [0, 0.05) is 12.8 Å². The van der Waals surface area contributed by atoms with Gasteiger partial charge in [0.05, 0.1) is 6.61 Å². The second-order valence-corrected chi connectivity index (χ2v) is 14.4. The number of unbranched alkanes of at least 4 members (excludes halogenated alkanes) is 21. The van der Waals surface area contributed by atoms with Gasteiger partial charge < -0.3 is 14.6 Å². The molecule has 1 atom stereocenters. The molecule has 0 saturated heterocycles. The van der Waals surface area contributed by atoms with Gasteiger partial charge in [-0.2, -0.15) is 0 Å². The van der Waals surface area contributed by atoms with Gasteiger partial charge in [0.1, 0.15) is 6.61 Å². The Morgan fingerprint density at radius 1 is 0.442 bits per heavy atom. The third-order valence-electron chi connectivity index (χ3n) is 9.28. The summed E-state index contributed by atoms with van der Waals surface area (Å²) in [5, 5.41) is 9.58. The first-order valence-corrected chi connectivity index (χ1v) is 21.8. The maximum Gasteiger partial charge on any atom is 0.306 e. The van der Waals surface area contributed by atoms with Gasteiger partial charge in [-0.05, 0) is 83.5 Å². The number of hydrogen-bond acceptors (Lipinski definition) is 5. The molecule has 0 fully saturated rings. The van der Waals surface area contributed by atoms with Crippen LogP contribution < -0.4 is 0 Å². The van der Waals surface area contributed by atoms with Crippen molar-refractivity contribution in [1.29, 1.82) is 0 Å². The van der Waals surface area contributed by atoms with Gasteiger partial charge in [0.15, 0.2) is 6.10 Å². The van der Waals surface area contributed by atoms with Crippen molar-refractivity contribution in [2.45, 2.75) is 213 Å². The molecule has 0 aliphatic rings. The molecule has 52 heavy (non-hydrogen) atoms. The van der Waals surface area contributed by atoms with E-state index in [1.807, 2.05) is 0 Å². The van der Waals surface area contributed by atoms with Crippen LogP contribution >= 0.6 is 0 Å². The van der Waals surface area contributed by atoms with Crippen molar-refractivity contribution in [1.82, 2.24) is 0 Å². The number of allylic oxidation sites excluding steroid dienone is 10. The fraction of sp³-hybridized carbons (Fsp3) is 0.745. The molecule has 0 aromatic heterocycles. The molecule has 0 heterocycles. The molecule has 0 rings (SSSR count). The van der Waals surface area contributed by atoms with Crippen LogP contribution in [0.15, 0.2) is 60.8 Å². The zero-order valence-electron chi connectivity index (χ0n) is 34.1. The van der Waals surface area contributed by atoms with Gasteiger partial charge in [-0.3, -0.25) is 9.59 Å². The van der Waals surface area contributed by atoms with E-state index >= 15 is 0 Å². The molecule has 0 aromatic rings. The topological polar surface area (TPSA) is 72.8 Å². The number of ether oxygens (including phenoxy) is 2. The maximum atomic E-state index is 12.2. The van der Waals surface area contributed by atoms with Crippen LogP contribution in [0.1, 0.15) is 206 Å². The van der Waals surface area contributed by atoms with Crippen LogP contribution in [-0.4, -0.2) is 36.4 Å². The minimum absolute atomic E-state index is 0.0813. The van der Waals surface area contributed by atoms with Gasteiger partial charge in [-0.25, -0.2) is 0 Å². The zero-order chi connectivity index (χ0) is 37.8. The van der Waals surface area contributed by atoms with Crippen LogP contribution in [0.25, 0.3) is 0 Å². The van der Waals surface area contributed by atoms with Gasteiger partial charge in [-0.15, -0.1) is 0 Å². The van der Waals surface area contributed by atoms with Crippen LogP contribution in [0, 0.1) is 0 Å². The lowest BCUT2D eigenvalue weighted by atomic mass is 10.1. The van der Waals surface area contributed by atoms with Crippen LogP contribution in [0.5, 0.6) is 0 Å². The highest BCUT2D eigenvalue weighted by Gasteiger charge is 2.16. The number of hydrogen-bond donors (Lipinski definition) is 1. The number of rotatable bonds is 39. The molecule has 0 saturated carbocycles.